The molecule has 0 spiro atoms. The largest absolute Gasteiger partial charge is 0.461 e. The number of aromatic amines is 1. The van der Waals surface area contributed by atoms with Gasteiger partial charge >= 0.3 is 5.97 Å². The number of carbonyl (C=O) groups excluding carboxylic acids is 2. The first-order valence-corrected chi connectivity index (χ1v) is 11.7. The number of piperazine rings is 1. The summed E-state index contributed by atoms with van der Waals surface area (Å²) in [5.41, 5.74) is 0.976. The van der Waals surface area contributed by atoms with Crippen LogP contribution in [-0.2, 0) is 9.53 Å². The predicted octanol–water partition coefficient (Wildman–Crippen LogP) is 3.76. The van der Waals surface area contributed by atoms with Crippen LogP contribution in [0.2, 0.25) is 0 Å². The van der Waals surface area contributed by atoms with Crippen molar-refractivity contribution in [1.82, 2.24) is 14.8 Å². The molecular formula is C24H33FN4O3. The number of H-pyrrole nitrogens is 1. The zero-order chi connectivity index (χ0) is 22.7. The van der Waals surface area contributed by atoms with Gasteiger partial charge in [-0.2, -0.15) is 0 Å². The Kier molecular flexibility index (Phi) is 7.10. The first kappa shape index (κ1) is 22.7. The highest BCUT2D eigenvalue weighted by atomic mass is 19.1. The van der Waals surface area contributed by atoms with Crippen LogP contribution in [0, 0.1) is 5.82 Å². The third-order valence-corrected chi connectivity index (χ3v) is 6.86. The van der Waals surface area contributed by atoms with Crippen LogP contribution in [0.15, 0.2) is 18.2 Å². The number of aromatic nitrogens is 1. The molecular weight excluding hydrogens is 411 g/mol. The Morgan fingerprint density at radius 1 is 1.19 bits per heavy atom. The highest BCUT2D eigenvalue weighted by Gasteiger charge is 2.30. The minimum atomic E-state index is -0.576. The van der Waals surface area contributed by atoms with Gasteiger partial charge in [0.25, 0.3) is 0 Å². The second-order valence-corrected chi connectivity index (χ2v) is 8.81. The Bertz CT molecular complexity index is 962. The summed E-state index contributed by atoms with van der Waals surface area (Å²) in [6, 6.07) is 4.50. The van der Waals surface area contributed by atoms with E-state index in [4.69, 9.17) is 4.74 Å². The molecule has 174 valence electrons. The minimum Gasteiger partial charge on any atom is -0.461 e. The van der Waals surface area contributed by atoms with Crippen LogP contribution in [0.4, 0.5) is 10.1 Å². The number of nitrogens with one attached hydrogen (secondary N) is 2. The number of hydrogen-bond acceptors (Lipinski definition) is 5. The summed E-state index contributed by atoms with van der Waals surface area (Å²) in [6.45, 7) is 7.40. The molecule has 2 aliphatic rings. The monoisotopic (exact) mass is 444 g/mol. The molecule has 1 aromatic carbocycles. The van der Waals surface area contributed by atoms with Crippen molar-refractivity contribution >= 4 is 28.5 Å². The molecule has 0 unspecified atom stereocenters. The van der Waals surface area contributed by atoms with Crippen molar-refractivity contribution in [2.75, 3.05) is 38.1 Å². The quantitative estimate of drug-likeness (QED) is 0.664. The molecule has 1 saturated heterocycles. The molecule has 0 radical (unpaired) electrons. The molecule has 0 bridgehead atoms. The Hall–Kier alpha value is -2.45. The smallest absolute Gasteiger partial charge is 0.356 e. The number of benzene rings is 1. The van der Waals surface area contributed by atoms with E-state index in [1.54, 1.807) is 13.0 Å². The maximum Gasteiger partial charge on any atom is 0.356 e. The van der Waals surface area contributed by atoms with E-state index < -0.39 is 11.8 Å². The van der Waals surface area contributed by atoms with E-state index in [0.29, 0.717) is 16.9 Å². The first-order valence-electron chi connectivity index (χ1n) is 11.7. The number of halogens is 1. The maximum atomic E-state index is 13.9. The second-order valence-electron chi connectivity index (χ2n) is 8.81. The summed E-state index contributed by atoms with van der Waals surface area (Å²) < 4.78 is 19.0. The molecule has 1 saturated carbocycles. The topological polar surface area (TPSA) is 77.7 Å². The SMILES string of the molecule is CCOC(=O)c1[nH]c2ccc(F)cc2c1NC(=O)[C@@H](C)N1CCN(C2CCCCC2)CC1. The van der Waals surface area contributed by atoms with Crippen LogP contribution in [0.5, 0.6) is 0 Å². The van der Waals surface area contributed by atoms with E-state index in [2.05, 4.69) is 20.1 Å². The van der Waals surface area contributed by atoms with Crippen LogP contribution < -0.4 is 5.32 Å². The van der Waals surface area contributed by atoms with Crippen LogP contribution >= 0.6 is 0 Å². The summed E-state index contributed by atoms with van der Waals surface area (Å²) in [5.74, 6) is -1.23. The van der Waals surface area contributed by atoms with Crippen molar-refractivity contribution in [2.45, 2.75) is 58.0 Å². The molecule has 2 fully saturated rings. The number of hydrogen-bond donors (Lipinski definition) is 2. The van der Waals surface area contributed by atoms with Gasteiger partial charge in [-0.15, -0.1) is 0 Å². The molecule has 8 heteroatoms. The molecule has 1 aliphatic carbocycles. The van der Waals surface area contributed by atoms with Gasteiger partial charge in [0.1, 0.15) is 11.5 Å². The summed E-state index contributed by atoms with van der Waals surface area (Å²) in [6.07, 6.45) is 6.54. The van der Waals surface area contributed by atoms with Crippen molar-refractivity contribution in [3.63, 3.8) is 0 Å². The van der Waals surface area contributed by atoms with E-state index in [1.807, 2.05) is 6.92 Å². The third-order valence-electron chi connectivity index (χ3n) is 6.86. The average molecular weight is 445 g/mol. The minimum absolute atomic E-state index is 0.134. The fourth-order valence-corrected chi connectivity index (χ4v) is 4.98. The van der Waals surface area contributed by atoms with Crippen LogP contribution in [0.3, 0.4) is 0 Å². The van der Waals surface area contributed by atoms with E-state index >= 15 is 0 Å². The number of rotatable bonds is 6. The average Bonchev–Trinajstić information content (AvgIpc) is 3.17. The van der Waals surface area contributed by atoms with Gasteiger partial charge in [-0.25, -0.2) is 9.18 Å². The number of amides is 1. The van der Waals surface area contributed by atoms with Crippen molar-refractivity contribution < 1.29 is 18.7 Å². The van der Waals surface area contributed by atoms with Gasteiger partial charge in [0.15, 0.2) is 0 Å². The molecule has 4 rings (SSSR count). The molecule has 7 nitrogen and oxygen atoms in total. The zero-order valence-electron chi connectivity index (χ0n) is 19.0. The van der Waals surface area contributed by atoms with Gasteiger partial charge in [-0.05, 0) is 44.9 Å². The third kappa shape index (κ3) is 4.81. The number of carbonyl (C=O) groups is 2. The number of nitrogens with zero attached hydrogens (tertiary/aromatic N) is 2. The number of esters is 1. The zero-order valence-corrected chi connectivity index (χ0v) is 19.0. The first-order chi connectivity index (χ1) is 15.5. The normalized spacial score (nSPS) is 19.7. The molecule has 1 atom stereocenters. The lowest BCUT2D eigenvalue weighted by atomic mass is 9.94. The van der Waals surface area contributed by atoms with E-state index in [-0.39, 0.29) is 29.9 Å². The molecule has 1 aliphatic heterocycles. The molecule has 1 aromatic heterocycles. The lowest BCUT2D eigenvalue weighted by Crippen LogP contribution is -2.55. The Morgan fingerprint density at radius 3 is 2.59 bits per heavy atom. The molecule has 32 heavy (non-hydrogen) atoms. The van der Waals surface area contributed by atoms with Gasteiger partial charge in [-0.3, -0.25) is 14.6 Å². The van der Waals surface area contributed by atoms with Crippen molar-refractivity contribution in [2.24, 2.45) is 0 Å². The number of anilines is 1. The van der Waals surface area contributed by atoms with Crippen LogP contribution in [-0.4, -0.2) is 71.5 Å². The molecule has 2 N–H and O–H groups in total. The van der Waals surface area contributed by atoms with E-state index in [1.165, 1.54) is 44.2 Å². The van der Waals surface area contributed by atoms with Gasteiger partial charge in [0.05, 0.1) is 18.3 Å². The predicted molar refractivity (Wildman–Crippen MR) is 122 cm³/mol. The Morgan fingerprint density at radius 2 is 1.91 bits per heavy atom. The molecule has 2 heterocycles. The summed E-state index contributed by atoms with van der Waals surface area (Å²) in [7, 11) is 0. The number of fused-ring (bicyclic) bond motifs is 1. The summed E-state index contributed by atoms with van der Waals surface area (Å²) in [4.78, 5) is 33.3. The van der Waals surface area contributed by atoms with Gasteiger partial charge in [-0.1, -0.05) is 19.3 Å². The Labute approximate surface area is 188 Å². The van der Waals surface area contributed by atoms with Gasteiger partial charge in [0.2, 0.25) is 5.91 Å². The van der Waals surface area contributed by atoms with Crippen LogP contribution in [0.1, 0.15) is 56.4 Å². The van der Waals surface area contributed by atoms with E-state index in [0.717, 1.165) is 26.2 Å². The lowest BCUT2D eigenvalue weighted by molar-refractivity contribution is -0.121. The van der Waals surface area contributed by atoms with Gasteiger partial charge < -0.3 is 15.0 Å². The van der Waals surface area contributed by atoms with E-state index in [9.17, 15) is 14.0 Å². The highest BCUT2D eigenvalue weighted by Crippen LogP contribution is 2.30. The Balaban J connectivity index is 1.45. The fraction of sp³-hybridized carbons (Fsp3) is 0.583. The van der Waals surface area contributed by atoms with Crippen molar-refractivity contribution in [3.8, 4) is 0 Å². The van der Waals surface area contributed by atoms with Crippen molar-refractivity contribution in [3.05, 3.63) is 29.7 Å². The lowest BCUT2D eigenvalue weighted by Gasteiger charge is -2.42. The number of ether oxygens (including phenoxy) is 1. The van der Waals surface area contributed by atoms with Crippen LogP contribution in [0.25, 0.3) is 10.9 Å². The maximum absolute atomic E-state index is 13.9. The standard InChI is InChI=1S/C24H33FN4O3/c1-3-32-24(31)22-21(19-15-17(25)9-10-20(19)26-22)27-23(30)16(2)28-11-13-29(14-12-28)18-7-5-4-6-8-18/h9-10,15-16,18,26H,3-8,11-14H2,1-2H3,(H,27,30)/t16-/m1/s1. The summed E-state index contributed by atoms with van der Waals surface area (Å²) >= 11 is 0. The van der Waals surface area contributed by atoms with Gasteiger partial charge in [0, 0.05) is 43.1 Å². The second kappa shape index (κ2) is 10.0. The molecule has 2 aromatic rings. The van der Waals surface area contributed by atoms with Crippen molar-refractivity contribution in [1.29, 1.82) is 0 Å². The highest BCUT2D eigenvalue weighted by molar-refractivity contribution is 6.11. The molecule has 1 amide bonds. The summed E-state index contributed by atoms with van der Waals surface area (Å²) in [5, 5.41) is 3.33. The fourth-order valence-electron chi connectivity index (χ4n) is 4.98.